The molecule has 0 radical (unpaired) electrons. The zero-order valence-corrected chi connectivity index (χ0v) is 15.1. The van der Waals surface area contributed by atoms with Gasteiger partial charge in [-0.3, -0.25) is 4.79 Å². The molecule has 28 heavy (non-hydrogen) atoms. The number of rotatable bonds is 6. The number of benzene rings is 1. The van der Waals surface area contributed by atoms with E-state index >= 15 is 0 Å². The first-order chi connectivity index (χ1) is 13.4. The maximum atomic E-state index is 13.0. The van der Waals surface area contributed by atoms with Crippen molar-refractivity contribution in [3.63, 3.8) is 0 Å². The summed E-state index contributed by atoms with van der Waals surface area (Å²) in [6.45, 7) is 3.55. The highest BCUT2D eigenvalue weighted by Crippen LogP contribution is 2.30. The van der Waals surface area contributed by atoms with E-state index in [9.17, 15) is 18.0 Å². The number of carbonyl (C=O) groups excluding carboxylic acids is 1. The number of halogens is 3. The molecule has 0 aliphatic carbocycles. The molecule has 1 aromatic carbocycles. The van der Waals surface area contributed by atoms with Crippen molar-refractivity contribution in [1.29, 1.82) is 0 Å². The van der Waals surface area contributed by atoms with E-state index in [1.54, 1.807) is 22.8 Å². The Morgan fingerprint density at radius 2 is 2.00 bits per heavy atom. The van der Waals surface area contributed by atoms with Crippen LogP contribution in [0.4, 0.5) is 13.2 Å². The highest BCUT2D eigenvalue weighted by molar-refractivity contribution is 5.97. The van der Waals surface area contributed by atoms with Gasteiger partial charge in [-0.2, -0.15) is 13.2 Å². The zero-order chi connectivity index (χ0) is 19.7. The second-order valence-corrected chi connectivity index (χ2v) is 6.94. The van der Waals surface area contributed by atoms with Gasteiger partial charge in [-0.05, 0) is 37.2 Å². The maximum Gasteiger partial charge on any atom is 0.416 e. The third kappa shape index (κ3) is 3.77. The lowest BCUT2D eigenvalue weighted by atomic mass is 10.1. The second-order valence-electron chi connectivity index (χ2n) is 6.94. The van der Waals surface area contributed by atoms with Crippen LogP contribution in [-0.4, -0.2) is 41.6 Å². The molecule has 1 aliphatic heterocycles. The van der Waals surface area contributed by atoms with E-state index < -0.39 is 11.7 Å². The van der Waals surface area contributed by atoms with Gasteiger partial charge in [0, 0.05) is 31.8 Å². The number of hydrogen-bond acceptors (Lipinski definition) is 3. The van der Waals surface area contributed by atoms with Crippen LogP contribution in [0.3, 0.4) is 0 Å². The van der Waals surface area contributed by atoms with Crippen molar-refractivity contribution < 1.29 is 22.4 Å². The summed E-state index contributed by atoms with van der Waals surface area (Å²) in [5.74, 6) is -0.265. The molecular formula is C20H20F3N3O2. The van der Waals surface area contributed by atoms with E-state index in [4.69, 9.17) is 4.42 Å². The van der Waals surface area contributed by atoms with Crippen LogP contribution in [0.15, 0.2) is 47.1 Å². The minimum absolute atomic E-state index is 0.141. The highest BCUT2D eigenvalue weighted by Gasteiger charge is 2.30. The number of furan rings is 1. The first-order valence-corrected chi connectivity index (χ1v) is 9.15. The molecule has 1 N–H and O–H groups in total. The third-order valence-corrected chi connectivity index (χ3v) is 5.01. The fraction of sp³-hybridized carbons (Fsp3) is 0.350. The summed E-state index contributed by atoms with van der Waals surface area (Å²) in [6, 6.07) is 8.48. The van der Waals surface area contributed by atoms with Crippen LogP contribution < -0.4 is 5.32 Å². The van der Waals surface area contributed by atoms with Gasteiger partial charge in [-0.15, -0.1) is 0 Å². The van der Waals surface area contributed by atoms with Gasteiger partial charge in [0.25, 0.3) is 5.91 Å². The molecule has 0 saturated carbocycles. The van der Waals surface area contributed by atoms with Gasteiger partial charge in [0.1, 0.15) is 5.69 Å². The monoisotopic (exact) mass is 391 g/mol. The quantitative estimate of drug-likeness (QED) is 0.697. The van der Waals surface area contributed by atoms with Gasteiger partial charge in [0.2, 0.25) is 0 Å². The number of nitrogens with one attached hydrogen (secondary N) is 1. The molecule has 1 saturated heterocycles. The number of fused-ring (bicyclic) bond motifs is 1. The van der Waals surface area contributed by atoms with Crippen LogP contribution in [0, 0.1) is 0 Å². The molecule has 1 amide bonds. The standard InChI is InChI=1S/C20H20F3N3O2/c21-20(22,23)15-4-1-3-14(11-15)13-26-16-5-10-28-18(16)12-17(26)19(27)24-6-9-25-7-2-8-25/h1,3-5,10-12H,2,6-9,13H2,(H,24,27). The predicted molar refractivity (Wildman–Crippen MR) is 98.1 cm³/mol. The largest absolute Gasteiger partial charge is 0.463 e. The molecule has 3 aromatic rings. The van der Waals surface area contributed by atoms with Gasteiger partial charge >= 0.3 is 6.18 Å². The van der Waals surface area contributed by atoms with Crippen molar-refractivity contribution in [3.8, 4) is 0 Å². The summed E-state index contributed by atoms with van der Waals surface area (Å²) >= 11 is 0. The average Bonchev–Trinajstić information content (AvgIpc) is 3.19. The number of carbonyl (C=O) groups is 1. The lowest BCUT2D eigenvalue weighted by molar-refractivity contribution is -0.137. The molecule has 1 fully saturated rings. The van der Waals surface area contributed by atoms with E-state index in [1.807, 2.05) is 0 Å². The molecule has 0 atom stereocenters. The van der Waals surface area contributed by atoms with Gasteiger partial charge in [-0.1, -0.05) is 12.1 Å². The molecule has 0 spiro atoms. The Balaban J connectivity index is 1.56. The van der Waals surface area contributed by atoms with E-state index in [0.29, 0.717) is 28.9 Å². The van der Waals surface area contributed by atoms with Crippen LogP contribution in [0.1, 0.15) is 28.0 Å². The minimum atomic E-state index is -4.41. The van der Waals surface area contributed by atoms with Crippen molar-refractivity contribution in [1.82, 2.24) is 14.8 Å². The summed E-state index contributed by atoms with van der Waals surface area (Å²) in [6.07, 6.45) is -1.72. The number of likely N-dealkylation sites (tertiary alicyclic amines) is 1. The van der Waals surface area contributed by atoms with Crippen molar-refractivity contribution >= 4 is 17.0 Å². The zero-order valence-electron chi connectivity index (χ0n) is 15.1. The van der Waals surface area contributed by atoms with Crippen LogP contribution in [0.5, 0.6) is 0 Å². The van der Waals surface area contributed by atoms with Crippen molar-refractivity contribution in [2.45, 2.75) is 19.1 Å². The lowest BCUT2D eigenvalue weighted by Crippen LogP contribution is -2.42. The summed E-state index contributed by atoms with van der Waals surface area (Å²) in [7, 11) is 0. The molecule has 4 rings (SSSR count). The van der Waals surface area contributed by atoms with Gasteiger partial charge in [-0.25, -0.2) is 0 Å². The van der Waals surface area contributed by atoms with Crippen molar-refractivity contribution in [2.75, 3.05) is 26.2 Å². The number of amides is 1. The van der Waals surface area contributed by atoms with Crippen LogP contribution >= 0.6 is 0 Å². The fourth-order valence-corrected chi connectivity index (χ4v) is 3.39. The average molecular weight is 391 g/mol. The third-order valence-electron chi connectivity index (χ3n) is 5.01. The highest BCUT2D eigenvalue weighted by atomic mass is 19.4. The molecule has 0 bridgehead atoms. The van der Waals surface area contributed by atoms with E-state index in [0.717, 1.165) is 31.8 Å². The normalized spacial score (nSPS) is 15.0. The smallest absolute Gasteiger partial charge is 0.416 e. The topological polar surface area (TPSA) is 50.4 Å². The van der Waals surface area contributed by atoms with E-state index in [2.05, 4.69) is 10.2 Å². The molecule has 0 unspecified atom stereocenters. The van der Waals surface area contributed by atoms with Crippen LogP contribution in [0.2, 0.25) is 0 Å². The van der Waals surface area contributed by atoms with Crippen molar-refractivity contribution in [3.05, 3.63) is 59.5 Å². The molecule has 1 aliphatic rings. The Morgan fingerprint density at radius 3 is 2.71 bits per heavy atom. The van der Waals surface area contributed by atoms with Crippen LogP contribution in [0.25, 0.3) is 11.1 Å². The first kappa shape index (κ1) is 18.6. The fourth-order valence-electron chi connectivity index (χ4n) is 3.39. The maximum absolute atomic E-state index is 13.0. The molecule has 3 heterocycles. The predicted octanol–water partition coefficient (Wildman–Crippen LogP) is 3.74. The van der Waals surface area contributed by atoms with Gasteiger partial charge in [0.15, 0.2) is 5.58 Å². The first-order valence-electron chi connectivity index (χ1n) is 9.15. The van der Waals surface area contributed by atoms with Gasteiger partial charge in [0.05, 0.1) is 17.3 Å². The summed E-state index contributed by atoms with van der Waals surface area (Å²) in [5.41, 5.74) is 1.32. The Morgan fingerprint density at radius 1 is 1.18 bits per heavy atom. The number of alkyl halides is 3. The number of nitrogens with zero attached hydrogens (tertiary/aromatic N) is 2. The molecule has 8 heteroatoms. The summed E-state index contributed by atoms with van der Waals surface area (Å²) in [4.78, 5) is 14.9. The van der Waals surface area contributed by atoms with Gasteiger partial charge < -0.3 is 19.2 Å². The number of hydrogen-bond donors (Lipinski definition) is 1. The Labute approximate surface area is 159 Å². The van der Waals surface area contributed by atoms with E-state index in [1.165, 1.54) is 18.8 Å². The summed E-state index contributed by atoms with van der Waals surface area (Å²) in [5, 5.41) is 2.89. The lowest BCUT2D eigenvalue weighted by Gasteiger charge is -2.30. The molecule has 148 valence electrons. The van der Waals surface area contributed by atoms with E-state index in [-0.39, 0.29) is 12.5 Å². The second kappa shape index (κ2) is 7.35. The minimum Gasteiger partial charge on any atom is -0.463 e. The Bertz CT molecular complexity index is 986. The molecule has 2 aromatic heterocycles. The Hall–Kier alpha value is -2.74. The molecular weight excluding hydrogens is 371 g/mol. The number of aromatic nitrogens is 1. The SMILES string of the molecule is O=C(NCCN1CCC1)c1cc2occc2n1Cc1cccc(C(F)(F)F)c1. The summed E-state index contributed by atoms with van der Waals surface area (Å²) < 4.78 is 46.1. The van der Waals surface area contributed by atoms with Crippen LogP contribution in [-0.2, 0) is 12.7 Å². The Kier molecular flexibility index (Phi) is 4.89. The van der Waals surface area contributed by atoms with Crippen molar-refractivity contribution in [2.24, 2.45) is 0 Å². The molecule has 5 nitrogen and oxygen atoms in total.